The quantitative estimate of drug-likeness (QED) is 0.773. The number of rotatable bonds is 3. The van der Waals surface area contributed by atoms with E-state index in [1.807, 2.05) is 0 Å². The fourth-order valence-corrected chi connectivity index (χ4v) is 2.32. The number of amides is 1. The van der Waals surface area contributed by atoms with E-state index in [0.29, 0.717) is 33.0 Å². The van der Waals surface area contributed by atoms with Crippen molar-refractivity contribution >= 4 is 34.2 Å². The lowest BCUT2D eigenvalue weighted by atomic mass is 10.0. The Morgan fingerprint density at radius 2 is 1.95 bits per heavy atom. The Morgan fingerprint density at radius 1 is 1.14 bits per heavy atom. The second-order valence-electron chi connectivity index (χ2n) is 4.52. The standard InChI is InChI=1S/C15H11ClN4O2/c16-12-4-3-10(14(17)21)9-2-1-8(7-11(9)12)22-13-5-6-19-15(18)20-13/h1-7H,(H2,17,21)(H2,18,19,20). The van der Waals surface area contributed by atoms with E-state index in [0.717, 1.165) is 0 Å². The minimum Gasteiger partial charge on any atom is -0.439 e. The summed E-state index contributed by atoms with van der Waals surface area (Å²) in [6.07, 6.45) is 1.50. The molecule has 6 nitrogen and oxygen atoms in total. The van der Waals surface area contributed by atoms with Crippen molar-refractivity contribution in [2.45, 2.75) is 0 Å². The molecule has 0 spiro atoms. The highest BCUT2D eigenvalue weighted by Crippen LogP contribution is 2.31. The lowest BCUT2D eigenvalue weighted by molar-refractivity contribution is 0.100. The van der Waals surface area contributed by atoms with E-state index < -0.39 is 5.91 Å². The molecule has 1 heterocycles. The summed E-state index contributed by atoms with van der Waals surface area (Å²) >= 11 is 6.18. The van der Waals surface area contributed by atoms with Crippen molar-refractivity contribution in [2.24, 2.45) is 5.73 Å². The number of hydrogen-bond acceptors (Lipinski definition) is 5. The van der Waals surface area contributed by atoms with Gasteiger partial charge in [-0.2, -0.15) is 4.98 Å². The Bertz CT molecular complexity index is 883. The van der Waals surface area contributed by atoms with E-state index in [1.54, 1.807) is 36.4 Å². The van der Waals surface area contributed by atoms with Crippen LogP contribution < -0.4 is 16.2 Å². The van der Waals surface area contributed by atoms with Crippen molar-refractivity contribution in [2.75, 3.05) is 5.73 Å². The Labute approximate surface area is 130 Å². The van der Waals surface area contributed by atoms with Gasteiger partial charge in [0.2, 0.25) is 17.7 Å². The molecule has 1 aromatic heterocycles. The molecule has 0 radical (unpaired) electrons. The highest BCUT2D eigenvalue weighted by atomic mass is 35.5. The summed E-state index contributed by atoms with van der Waals surface area (Å²) in [6, 6.07) is 9.93. The first kappa shape index (κ1) is 14.1. The van der Waals surface area contributed by atoms with E-state index in [9.17, 15) is 4.79 Å². The largest absolute Gasteiger partial charge is 0.439 e. The van der Waals surface area contributed by atoms with Gasteiger partial charge in [-0.05, 0) is 35.7 Å². The molecular weight excluding hydrogens is 304 g/mol. The van der Waals surface area contributed by atoms with Crippen molar-refractivity contribution < 1.29 is 9.53 Å². The maximum absolute atomic E-state index is 11.5. The molecule has 22 heavy (non-hydrogen) atoms. The van der Waals surface area contributed by atoms with Crippen LogP contribution >= 0.6 is 11.6 Å². The number of nitrogen functional groups attached to an aromatic ring is 1. The van der Waals surface area contributed by atoms with E-state index >= 15 is 0 Å². The molecule has 3 rings (SSSR count). The van der Waals surface area contributed by atoms with Gasteiger partial charge in [0.05, 0.1) is 0 Å². The summed E-state index contributed by atoms with van der Waals surface area (Å²) < 4.78 is 5.62. The van der Waals surface area contributed by atoms with Crippen LogP contribution in [0.15, 0.2) is 42.6 Å². The first-order valence-corrected chi connectivity index (χ1v) is 6.71. The molecule has 0 aliphatic rings. The highest BCUT2D eigenvalue weighted by Gasteiger charge is 2.10. The molecule has 0 saturated carbocycles. The number of aromatic nitrogens is 2. The number of carbonyl (C=O) groups excluding carboxylic acids is 1. The van der Waals surface area contributed by atoms with Crippen LogP contribution in [0, 0.1) is 0 Å². The number of nitrogens with two attached hydrogens (primary N) is 2. The molecule has 2 aromatic carbocycles. The van der Waals surface area contributed by atoms with Crippen molar-refractivity contribution in [1.82, 2.24) is 9.97 Å². The van der Waals surface area contributed by atoms with Gasteiger partial charge in [0.15, 0.2) is 0 Å². The average molecular weight is 315 g/mol. The minimum atomic E-state index is -0.515. The van der Waals surface area contributed by atoms with Crippen LogP contribution in [0.3, 0.4) is 0 Å². The second kappa shape index (κ2) is 5.50. The topological polar surface area (TPSA) is 104 Å². The molecule has 110 valence electrons. The van der Waals surface area contributed by atoms with Gasteiger partial charge in [-0.25, -0.2) is 4.98 Å². The Hall–Kier alpha value is -2.86. The molecule has 0 unspecified atom stereocenters. The maximum Gasteiger partial charge on any atom is 0.249 e. The van der Waals surface area contributed by atoms with Crippen LogP contribution in [0.1, 0.15) is 10.4 Å². The Morgan fingerprint density at radius 3 is 2.68 bits per heavy atom. The molecular formula is C15H11ClN4O2. The van der Waals surface area contributed by atoms with Crippen LogP contribution in [0.25, 0.3) is 10.8 Å². The SMILES string of the molecule is NC(=O)c1ccc(Cl)c2cc(Oc3ccnc(N)n3)ccc12. The Balaban J connectivity index is 2.06. The number of anilines is 1. The zero-order valence-corrected chi connectivity index (χ0v) is 12.0. The smallest absolute Gasteiger partial charge is 0.249 e. The van der Waals surface area contributed by atoms with Gasteiger partial charge < -0.3 is 16.2 Å². The lowest BCUT2D eigenvalue weighted by Crippen LogP contribution is -2.11. The Kier molecular flexibility index (Phi) is 3.52. The van der Waals surface area contributed by atoms with E-state index in [-0.39, 0.29) is 5.95 Å². The summed E-state index contributed by atoms with van der Waals surface area (Å²) in [4.78, 5) is 19.2. The maximum atomic E-state index is 11.5. The van der Waals surface area contributed by atoms with E-state index in [1.165, 1.54) is 6.20 Å². The molecule has 0 aliphatic heterocycles. The number of ether oxygens (including phenoxy) is 1. The van der Waals surface area contributed by atoms with Gasteiger partial charge in [0.25, 0.3) is 0 Å². The van der Waals surface area contributed by atoms with Gasteiger partial charge in [0.1, 0.15) is 5.75 Å². The summed E-state index contributed by atoms with van der Waals surface area (Å²) in [7, 11) is 0. The van der Waals surface area contributed by atoms with Gasteiger partial charge in [-0.15, -0.1) is 0 Å². The summed E-state index contributed by atoms with van der Waals surface area (Å²) in [5.41, 5.74) is 11.3. The zero-order chi connectivity index (χ0) is 15.7. The summed E-state index contributed by atoms with van der Waals surface area (Å²) in [5.74, 6) is 0.425. The number of carbonyl (C=O) groups is 1. The third-order valence-electron chi connectivity index (χ3n) is 3.07. The van der Waals surface area contributed by atoms with Gasteiger partial charge in [-0.3, -0.25) is 4.79 Å². The molecule has 0 aliphatic carbocycles. The molecule has 0 saturated heterocycles. The number of halogens is 1. The molecule has 1 amide bonds. The molecule has 4 N–H and O–H groups in total. The van der Waals surface area contributed by atoms with Crippen LogP contribution in [0.4, 0.5) is 5.95 Å². The predicted octanol–water partition coefficient (Wildman–Crippen LogP) is 2.76. The predicted molar refractivity (Wildman–Crippen MR) is 84.0 cm³/mol. The molecule has 0 atom stereocenters. The minimum absolute atomic E-state index is 0.118. The lowest BCUT2D eigenvalue weighted by Gasteiger charge is -2.09. The molecule has 7 heteroatoms. The van der Waals surface area contributed by atoms with Crippen molar-refractivity contribution in [3.8, 4) is 11.6 Å². The van der Waals surface area contributed by atoms with Gasteiger partial charge in [0, 0.05) is 28.2 Å². The number of nitrogens with zero attached hydrogens (tertiary/aromatic N) is 2. The first-order valence-electron chi connectivity index (χ1n) is 6.33. The monoisotopic (exact) mass is 314 g/mol. The zero-order valence-electron chi connectivity index (χ0n) is 11.3. The first-order chi connectivity index (χ1) is 10.5. The van der Waals surface area contributed by atoms with E-state index in [2.05, 4.69) is 9.97 Å². The van der Waals surface area contributed by atoms with Crippen LogP contribution in [0.5, 0.6) is 11.6 Å². The number of hydrogen-bond donors (Lipinski definition) is 2. The van der Waals surface area contributed by atoms with Crippen molar-refractivity contribution in [3.63, 3.8) is 0 Å². The third kappa shape index (κ3) is 2.64. The van der Waals surface area contributed by atoms with Crippen molar-refractivity contribution in [3.05, 3.63) is 53.2 Å². The second-order valence-corrected chi connectivity index (χ2v) is 4.93. The fourth-order valence-electron chi connectivity index (χ4n) is 2.10. The molecule has 0 fully saturated rings. The van der Waals surface area contributed by atoms with Crippen LogP contribution in [0.2, 0.25) is 5.02 Å². The summed E-state index contributed by atoms with van der Waals surface area (Å²) in [5, 5.41) is 1.82. The normalized spacial score (nSPS) is 10.6. The molecule has 3 aromatic rings. The van der Waals surface area contributed by atoms with Crippen LogP contribution in [-0.2, 0) is 0 Å². The molecule has 0 bridgehead atoms. The third-order valence-corrected chi connectivity index (χ3v) is 3.40. The van der Waals surface area contributed by atoms with Gasteiger partial charge in [-0.1, -0.05) is 11.6 Å². The fraction of sp³-hybridized carbons (Fsp3) is 0. The van der Waals surface area contributed by atoms with Crippen LogP contribution in [-0.4, -0.2) is 15.9 Å². The van der Waals surface area contributed by atoms with Gasteiger partial charge >= 0.3 is 0 Å². The number of fused-ring (bicyclic) bond motifs is 1. The highest BCUT2D eigenvalue weighted by molar-refractivity contribution is 6.36. The summed E-state index contributed by atoms with van der Waals surface area (Å²) in [6.45, 7) is 0. The number of primary amides is 1. The van der Waals surface area contributed by atoms with Crippen molar-refractivity contribution in [1.29, 1.82) is 0 Å². The number of benzene rings is 2. The average Bonchev–Trinajstić information content (AvgIpc) is 2.48. The van der Waals surface area contributed by atoms with E-state index in [4.69, 9.17) is 27.8 Å².